The van der Waals surface area contributed by atoms with Crippen LogP contribution in [0.3, 0.4) is 0 Å². The van der Waals surface area contributed by atoms with Gasteiger partial charge in [-0.25, -0.2) is 9.97 Å². The molecule has 4 aromatic carbocycles. The number of aromatic amines is 2. The number of rotatable bonds is 20. The molecule has 0 atom stereocenters. The Morgan fingerprint density at radius 2 is 0.853 bits per heavy atom. The zero-order valence-electron chi connectivity index (χ0n) is 39.9. The van der Waals surface area contributed by atoms with Gasteiger partial charge in [0.25, 0.3) is 0 Å². The number of nitrogens with one attached hydrogen (secondary N) is 2. The second kappa shape index (κ2) is 22.0. The zero-order valence-corrected chi connectivity index (χ0v) is 39.9. The van der Waals surface area contributed by atoms with E-state index in [2.05, 4.69) is 165 Å². The lowest BCUT2D eigenvalue weighted by Crippen LogP contribution is -1.98. The summed E-state index contributed by atoms with van der Waals surface area (Å²) < 4.78 is 25.6. The van der Waals surface area contributed by atoms with Crippen LogP contribution in [0, 0.1) is 0 Å². The smallest absolute Gasteiger partial charge is 0.119 e. The molecule has 2 aliphatic rings. The first-order chi connectivity index (χ1) is 33.5. The van der Waals surface area contributed by atoms with Gasteiger partial charge in [0.2, 0.25) is 0 Å². The molecule has 8 nitrogen and oxygen atoms in total. The van der Waals surface area contributed by atoms with E-state index in [0.717, 1.165) is 164 Å². The molecule has 8 heteroatoms. The molecular formula is C60H62N4O4. The summed E-state index contributed by atoms with van der Waals surface area (Å²) in [6.45, 7) is 11.3. The number of fused-ring (bicyclic) bond motifs is 8. The van der Waals surface area contributed by atoms with Crippen LogP contribution in [-0.4, -0.2) is 46.4 Å². The van der Waals surface area contributed by atoms with E-state index < -0.39 is 0 Å². The molecule has 0 unspecified atom stereocenters. The summed E-state index contributed by atoms with van der Waals surface area (Å²) in [4.78, 5) is 18.4. The van der Waals surface area contributed by atoms with Gasteiger partial charge in [0, 0.05) is 38.8 Å². The minimum Gasteiger partial charge on any atom is -0.494 e. The third-order valence-electron chi connectivity index (χ3n) is 12.2. The third-order valence-corrected chi connectivity index (χ3v) is 12.2. The highest BCUT2D eigenvalue weighted by Gasteiger charge is 2.26. The van der Waals surface area contributed by atoms with Gasteiger partial charge in [0.05, 0.1) is 54.7 Å². The van der Waals surface area contributed by atoms with Crippen LogP contribution in [0.1, 0.15) is 107 Å². The van der Waals surface area contributed by atoms with Gasteiger partial charge < -0.3 is 28.9 Å². The molecule has 7 aromatic rings. The fraction of sp³-hybridized carbons (Fsp3) is 0.267. The number of aromatic nitrogens is 4. The maximum Gasteiger partial charge on any atom is 0.119 e. The summed E-state index contributed by atoms with van der Waals surface area (Å²) in [5, 5.41) is 0. The van der Waals surface area contributed by atoms with Gasteiger partial charge >= 0.3 is 0 Å². The molecule has 9 rings (SSSR count). The van der Waals surface area contributed by atoms with Crippen molar-refractivity contribution in [3.8, 4) is 56.4 Å². The number of hydrogen-bond acceptors (Lipinski definition) is 6. The monoisotopic (exact) mass is 902 g/mol. The largest absolute Gasteiger partial charge is 0.494 e. The molecule has 0 saturated carbocycles. The highest BCUT2D eigenvalue weighted by atomic mass is 16.5. The number of benzene rings is 4. The topological polar surface area (TPSA) is 94.3 Å². The SMILES string of the molecule is CCCCOc1cccc(C2=Cc3cc4ccc(cc5nc(cc6[nH]c(c(-c7cccc(OCCCC)c7)c2n3)c(-c2cccc(OCCCC)c2)c6-c2cccc(OCCCC)c2)C=C5)[nH]4)c1. The lowest BCUT2D eigenvalue weighted by Gasteiger charge is -2.15. The molecule has 346 valence electrons. The summed E-state index contributed by atoms with van der Waals surface area (Å²) in [5.74, 6) is 3.26. The van der Waals surface area contributed by atoms with Crippen LogP contribution in [0.5, 0.6) is 23.0 Å². The summed E-state index contributed by atoms with van der Waals surface area (Å²) in [7, 11) is 0. The molecule has 0 spiro atoms. The van der Waals surface area contributed by atoms with Crippen LogP contribution in [0.4, 0.5) is 0 Å². The van der Waals surface area contributed by atoms with Crippen LogP contribution < -0.4 is 18.9 Å². The fourth-order valence-corrected chi connectivity index (χ4v) is 8.66. The van der Waals surface area contributed by atoms with Crippen LogP contribution in [0.15, 0.2) is 127 Å². The highest BCUT2D eigenvalue weighted by Crippen LogP contribution is 2.47. The average molecular weight is 903 g/mol. The molecule has 68 heavy (non-hydrogen) atoms. The van der Waals surface area contributed by atoms with Crippen molar-refractivity contribution in [2.45, 2.75) is 79.1 Å². The predicted molar refractivity (Wildman–Crippen MR) is 281 cm³/mol. The van der Waals surface area contributed by atoms with E-state index in [1.807, 2.05) is 18.2 Å². The van der Waals surface area contributed by atoms with Gasteiger partial charge in [-0.3, -0.25) is 0 Å². The van der Waals surface area contributed by atoms with E-state index in [-0.39, 0.29) is 0 Å². The Morgan fingerprint density at radius 3 is 1.37 bits per heavy atom. The number of H-pyrrole nitrogens is 2. The second-order valence-electron chi connectivity index (χ2n) is 17.5. The van der Waals surface area contributed by atoms with Crippen molar-refractivity contribution in [3.63, 3.8) is 0 Å². The van der Waals surface area contributed by atoms with E-state index in [1.54, 1.807) is 0 Å². The van der Waals surface area contributed by atoms with Gasteiger partial charge in [0.1, 0.15) is 23.0 Å². The summed E-state index contributed by atoms with van der Waals surface area (Å²) in [6.07, 6.45) is 14.4. The first-order valence-electron chi connectivity index (χ1n) is 24.6. The number of ether oxygens (including phenoxy) is 4. The maximum absolute atomic E-state index is 6.46. The van der Waals surface area contributed by atoms with Gasteiger partial charge in [-0.2, -0.15) is 0 Å². The van der Waals surface area contributed by atoms with Gasteiger partial charge in [-0.15, -0.1) is 0 Å². The van der Waals surface area contributed by atoms with E-state index in [0.29, 0.717) is 26.4 Å². The van der Waals surface area contributed by atoms with Crippen LogP contribution in [0.2, 0.25) is 0 Å². The lowest BCUT2D eigenvalue weighted by molar-refractivity contribution is 0.309. The molecular weight excluding hydrogens is 841 g/mol. The number of nitrogens with zero attached hydrogens (tertiary/aromatic N) is 2. The minimum absolute atomic E-state index is 0.627. The molecule has 5 heterocycles. The normalized spacial score (nSPS) is 12.0. The molecule has 0 fully saturated rings. The molecule has 2 aliphatic heterocycles. The maximum atomic E-state index is 6.46. The summed E-state index contributed by atoms with van der Waals surface area (Å²) >= 11 is 0. The quantitative estimate of drug-likeness (QED) is 0.0740. The van der Waals surface area contributed by atoms with E-state index >= 15 is 0 Å². The second-order valence-corrected chi connectivity index (χ2v) is 17.5. The zero-order chi connectivity index (χ0) is 46.7. The van der Waals surface area contributed by atoms with Crippen molar-refractivity contribution >= 4 is 45.9 Å². The Morgan fingerprint density at radius 1 is 0.412 bits per heavy atom. The number of unbranched alkanes of at least 4 members (excludes halogenated alkanes) is 4. The van der Waals surface area contributed by atoms with Crippen LogP contribution in [-0.2, 0) is 0 Å². The van der Waals surface area contributed by atoms with Crippen LogP contribution >= 0.6 is 0 Å². The Hall–Kier alpha value is -7.32. The first kappa shape index (κ1) is 45.8. The molecule has 2 N–H and O–H groups in total. The summed E-state index contributed by atoms with van der Waals surface area (Å²) in [6, 6.07) is 44.4. The lowest BCUT2D eigenvalue weighted by atomic mass is 9.90. The molecule has 8 bridgehead atoms. The van der Waals surface area contributed by atoms with Crippen molar-refractivity contribution < 1.29 is 18.9 Å². The van der Waals surface area contributed by atoms with Crippen molar-refractivity contribution in [1.29, 1.82) is 0 Å². The molecule has 0 saturated heterocycles. The van der Waals surface area contributed by atoms with Gasteiger partial charge in [-0.1, -0.05) is 102 Å². The van der Waals surface area contributed by atoms with Crippen molar-refractivity contribution in [2.24, 2.45) is 0 Å². The molecule has 3 aromatic heterocycles. The summed E-state index contributed by atoms with van der Waals surface area (Å²) in [5.41, 5.74) is 14.9. The molecule has 0 radical (unpaired) electrons. The molecule has 0 amide bonds. The van der Waals surface area contributed by atoms with E-state index in [9.17, 15) is 0 Å². The van der Waals surface area contributed by atoms with E-state index in [1.165, 1.54) is 0 Å². The van der Waals surface area contributed by atoms with Crippen LogP contribution in [0.25, 0.3) is 79.2 Å². The minimum atomic E-state index is 0.627. The highest BCUT2D eigenvalue weighted by molar-refractivity contribution is 6.11. The van der Waals surface area contributed by atoms with E-state index in [4.69, 9.17) is 28.9 Å². The third kappa shape index (κ3) is 10.8. The average Bonchev–Trinajstić information content (AvgIpc) is 4.17. The Kier molecular flexibility index (Phi) is 14.8. The number of hydrogen-bond donors (Lipinski definition) is 2. The fourth-order valence-electron chi connectivity index (χ4n) is 8.66. The van der Waals surface area contributed by atoms with Crippen molar-refractivity contribution in [1.82, 2.24) is 19.9 Å². The standard InChI is InChI=1S/C60H62N4O4/c1-5-9-29-65-50-21-13-17-41(33-50)54-39-49-38-47-26-25-45(61-47)37-46-27-28-48(62-46)40-55-56(42-18-14-22-51(34-42)66-30-10-6-2)57(43-19-15-23-52(35-43)67-31-11-7-3)60(64-55)58(59(54)63-49)44-20-16-24-53(36-44)68-32-12-8-4/h13-28,33-40,61,64H,5-12,29-32H2,1-4H3. The first-order valence-corrected chi connectivity index (χ1v) is 24.6. The predicted octanol–water partition coefficient (Wildman–Crippen LogP) is 15.8. The molecule has 0 aliphatic carbocycles. The Balaban J connectivity index is 1.44. The van der Waals surface area contributed by atoms with Gasteiger partial charge in [0.15, 0.2) is 0 Å². The van der Waals surface area contributed by atoms with Gasteiger partial charge in [-0.05, 0) is 145 Å². The Bertz CT molecular complexity index is 3100. The Labute approximate surface area is 400 Å². The van der Waals surface area contributed by atoms with Crippen molar-refractivity contribution in [3.05, 3.63) is 156 Å². The van der Waals surface area contributed by atoms with Crippen molar-refractivity contribution in [2.75, 3.05) is 26.4 Å².